The van der Waals surface area contributed by atoms with Crippen LogP contribution in [-0.4, -0.2) is 15.3 Å². The number of aromatic nitrogens is 2. The summed E-state index contributed by atoms with van der Waals surface area (Å²) in [7, 11) is 0. The maximum absolute atomic E-state index is 13.0. The third-order valence-electron chi connectivity index (χ3n) is 4.20. The highest BCUT2D eigenvalue weighted by atomic mass is 35.5. The van der Waals surface area contributed by atoms with Crippen LogP contribution in [0.3, 0.4) is 0 Å². The van der Waals surface area contributed by atoms with E-state index >= 15 is 0 Å². The zero-order valence-electron chi connectivity index (χ0n) is 14.7. The van der Waals surface area contributed by atoms with E-state index in [0.29, 0.717) is 28.5 Å². The van der Waals surface area contributed by atoms with Crippen molar-refractivity contribution in [2.45, 2.75) is 6.54 Å². The molecular weight excluding hydrogens is 379 g/mol. The molecule has 0 saturated heterocycles. The second-order valence-electron chi connectivity index (χ2n) is 6.21. The molecule has 140 valence electrons. The average Bonchev–Trinajstić information content (AvgIpc) is 3.10. The molecule has 0 spiro atoms. The van der Waals surface area contributed by atoms with Crippen LogP contribution in [0, 0.1) is 5.82 Å². The number of anilines is 2. The van der Waals surface area contributed by atoms with Crippen LogP contribution >= 0.6 is 11.6 Å². The van der Waals surface area contributed by atoms with E-state index in [4.69, 9.17) is 11.6 Å². The zero-order valence-corrected chi connectivity index (χ0v) is 15.4. The molecule has 0 aliphatic heterocycles. The molecule has 5 nitrogen and oxygen atoms in total. The Morgan fingerprint density at radius 1 is 1.04 bits per heavy atom. The van der Waals surface area contributed by atoms with Crippen molar-refractivity contribution in [1.29, 1.82) is 0 Å². The van der Waals surface area contributed by atoms with E-state index in [9.17, 15) is 9.18 Å². The lowest BCUT2D eigenvalue weighted by atomic mass is 10.1. The summed E-state index contributed by atoms with van der Waals surface area (Å²) in [5, 5.41) is 6.65. The van der Waals surface area contributed by atoms with Gasteiger partial charge >= 0.3 is 0 Å². The van der Waals surface area contributed by atoms with Gasteiger partial charge in [-0.25, -0.2) is 9.37 Å². The molecule has 0 bridgehead atoms. The Balaban J connectivity index is 1.50. The first kappa shape index (κ1) is 18.0. The van der Waals surface area contributed by atoms with Gasteiger partial charge in [0.15, 0.2) is 0 Å². The largest absolute Gasteiger partial charge is 0.379 e. The number of hydrogen-bond donors (Lipinski definition) is 2. The highest BCUT2D eigenvalue weighted by molar-refractivity contribution is 6.30. The molecule has 7 heteroatoms. The lowest BCUT2D eigenvalue weighted by Gasteiger charge is -2.11. The van der Waals surface area contributed by atoms with E-state index in [1.54, 1.807) is 24.4 Å². The maximum atomic E-state index is 13.0. The van der Waals surface area contributed by atoms with E-state index < -0.39 is 0 Å². The minimum Gasteiger partial charge on any atom is -0.379 e. The molecule has 0 unspecified atom stereocenters. The Morgan fingerprint density at radius 2 is 1.82 bits per heavy atom. The van der Waals surface area contributed by atoms with Crippen molar-refractivity contribution in [3.63, 3.8) is 0 Å². The number of fused-ring (bicyclic) bond motifs is 1. The Hall–Kier alpha value is -3.38. The van der Waals surface area contributed by atoms with Gasteiger partial charge in [-0.3, -0.25) is 4.79 Å². The van der Waals surface area contributed by atoms with Crippen LogP contribution in [0.1, 0.15) is 16.1 Å². The van der Waals surface area contributed by atoms with E-state index in [2.05, 4.69) is 15.6 Å². The van der Waals surface area contributed by atoms with Crippen LogP contribution in [0.25, 0.3) is 5.65 Å². The number of nitrogens with one attached hydrogen (secondary N) is 2. The first-order chi connectivity index (χ1) is 13.6. The third kappa shape index (κ3) is 3.97. The summed E-state index contributed by atoms with van der Waals surface area (Å²) < 4.78 is 14.9. The van der Waals surface area contributed by atoms with Crippen LogP contribution in [0.15, 0.2) is 73.1 Å². The predicted molar refractivity (Wildman–Crippen MR) is 108 cm³/mol. The summed E-state index contributed by atoms with van der Waals surface area (Å²) in [6.07, 6.45) is 3.67. The average molecular weight is 395 g/mol. The van der Waals surface area contributed by atoms with Crippen molar-refractivity contribution in [3.8, 4) is 0 Å². The van der Waals surface area contributed by atoms with Gasteiger partial charge in [0.1, 0.15) is 11.5 Å². The Morgan fingerprint density at radius 3 is 2.64 bits per heavy atom. The van der Waals surface area contributed by atoms with Gasteiger partial charge in [0, 0.05) is 23.8 Å². The van der Waals surface area contributed by atoms with Crippen LogP contribution in [0.2, 0.25) is 5.02 Å². The summed E-state index contributed by atoms with van der Waals surface area (Å²) >= 11 is 6.00. The molecule has 2 N–H and O–H groups in total. The zero-order chi connectivity index (χ0) is 19.5. The van der Waals surface area contributed by atoms with Gasteiger partial charge in [0.2, 0.25) is 0 Å². The first-order valence-corrected chi connectivity index (χ1v) is 8.99. The van der Waals surface area contributed by atoms with E-state index in [1.807, 2.05) is 28.8 Å². The minimum atomic E-state index is -0.353. The lowest BCUT2D eigenvalue weighted by molar-refractivity contribution is 0.102. The SMILES string of the molecule is O=C(Nc1ccc(F)cc1)c1ccccc1NCc1cn2cc(Cl)ccc2n1. The van der Waals surface area contributed by atoms with Gasteiger partial charge in [-0.05, 0) is 48.5 Å². The molecule has 2 aromatic carbocycles. The summed E-state index contributed by atoms with van der Waals surface area (Å²) in [5.74, 6) is -0.634. The molecule has 0 aliphatic carbocycles. The van der Waals surface area contributed by atoms with Crippen molar-refractivity contribution >= 4 is 34.5 Å². The molecule has 0 fully saturated rings. The van der Waals surface area contributed by atoms with Crippen LogP contribution in [-0.2, 0) is 6.54 Å². The molecule has 2 heterocycles. The van der Waals surface area contributed by atoms with Crippen molar-refractivity contribution in [3.05, 3.63) is 95.2 Å². The number of benzene rings is 2. The van der Waals surface area contributed by atoms with Gasteiger partial charge in [-0.2, -0.15) is 0 Å². The summed E-state index contributed by atoms with van der Waals surface area (Å²) in [6, 6.07) is 16.5. The molecule has 1 amide bonds. The molecular formula is C21H16ClFN4O. The lowest BCUT2D eigenvalue weighted by Crippen LogP contribution is -2.14. The Bertz CT molecular complexity index is 1140. The van der Waals surface area contributed by atoms with Gasteiger partial charge in [-0.1, -0.05) is 23.7 Å². The maximum Gasteiger partial charge on any atom is 0.257 e. The Kier molecular flexibility index (Phi) is 4.95. The number of para-hydroxylation sites is 1. The number of nitrogens with zero attached hydrogens (tertiary/aromatic N) is 2. The fraction of sp³-hybridized carbons (Fsp3) is 0.0476. The number of rotatable bonds is 5. The summed E-state index contributed by atoms with van der Waals surface area (Å²) in [4.78, 5) is 17.2. The van der Waals surface area contributed by atoms with Crippen molar-refractivity contribution in [1.82, 2.24) is 9.38 Å². The van der Waals surface area contributed by atoms with Crippen molar-refractivity contribution in [2.24, 2.45) is 0 Å². The molecule has 0 radical (unpaired) electrons. The van der Waals surface area contributed by atoms with Gasteiger partial charge in [-0.15, -0.1) is 0 Å². The predicted octanol–water partition coefficient (Wildman–Crippen LogP) is 4.99. The van der Waals surface area contributed by atoms with Crippen LogP contribution < -0.4 is 10.6 Å². The van der Waals surface area contributed by atoms with Gasteiger partial charge in [0.25, 0.3) is 5.91 Å². The number of carbonyl (C=O) groups is 1. The molecule has 2 aromatic heterocycles. The van der Waals surface area contributed by atoms with E-state index in [1.165, 1.54) is 24.3 Å². The number of carbonyl (C=O) groups excluding carboxylic acids is 1. The second-order valence-corrected chi connectivity index (χ2v) is 6.64. The van der Waals surface area contributed by atoms with E-state index in [0.717, 1.165) is 11.3 Å². The molecule has 4 rings (SSSR count). The smallest absolute Gasteiger partial charge is 0.257 e. The molecule has 0 aliphatic rings. The second kappa shape index (κ2) is 7.70. The fourth-order valence-corrected chi connectivity index (χ4v) is 3.02. The number of hydrogen-bond acceptors (Lipinski definition) is 3. The third-order valence-corrected chi connectivity index (χ3v) is 4.42. The number of halogens is 2. The highest BCUT2D eigenvalue weighted by Gasteiger charge is 2.12. The van der Waals surface area contributed by atoms with Crippen molar-refractivity contribution < 1.29 is 9.18 Å². The number of pyridine rings is 1. The number of amides is 1. The van der Waals surface area contributed by atoms with Gasteiger partial charge in [0.05, 0.1) is 22.8 Å². The minimum absolute atomic E-state index is 0.281. The van der Waals surface area contributed by atoms with Crippen molar-refractivity contribution in [2.75, 3.05) is 10.6 Å². The highest BCUT2D eigenvalue weighted by Crippen LogP contribution is 2.19. The monoisotopic (exact) mass is 394 g/mol. The summed E-state index contributed by atoms with van der Waals surface area (Å²) in [6.45, 7) is 0.445. The molecule has 0 saturated carbocycles. The molecule has 0 atom stereocenters. The number of imidazole rings is 1. The Labute approximate surface area is 165 Å². The van der Waals surface area contributed by atoms with E-state index in [-0.39, 0.29) is 11.7 Å². The molecule has 28 heavy (non-hydrogen) atoms. The topological polar surface area (TPSA) is 58.4 Å². The normalized spacial score (nSPS) is 10.8. The first-order valence-electron chi connectivity index (χ1n) is 8.61. The standard InChI is InChI=1S/C21H16ClFN4O/c22-14-5-10-20-25-17(13-27(20)12-14)11-24-19-4-2-1-3-18(19)21(28)26-16-8-6-15(23)7-9-16/h1-10,12-13,24H,11H2,(H,26,28). The van der Waals surface area contributed by atoms with Crippen LogP contribution in [0.5, 0.6) is 0 Å². The van der Waals surface area contributed by atoms with Crippen LogP contribution in [0.4, 0.5) is 15.8 Å². The quantitative estimate of drug-likeness (QED) is 0.501. The summed E-state index contributed by atoms with van der Waals surface area (Å²) in [5.41, 5.74) is 3.30. The van der Waals surface area contributed by atoms with Gasteiger partial charge < -0.3 is 15.0 Å². The molecule has 4 aromatic rings. The fourth-order valence-electron chi connectivity index (χ4n) is 2.86.